The number of halogens is 2. The first-order valence-electron chi connectivity index (χ1n) is 6.85. The first-order valence-corrected chi connectivity index (χ1v) is 16.5. The normalized spacial score (nSPS) is 11.2. The van der Waals surface area contributed by atoms with Gasteiger partial charge in [0.05, 0.1) is 21.1 Å². The Labute approximate surface area is 207 Å². The summed E-state index contributed by atoms with van der Waals surface area (Å²) in [6.45, 7) is 2.01. The second kappa shape index (κ2) is 12.6. The molecule has 1 heterocycles. The van der Waals surface area contributed by atoms with Crippen LogP contribution in [0.4, 0.5) is 9.57 Å². The van der Waals surface area contributed by atoms with Crippen molar-refractivity contribution in [3.63, 3.8) is 0 Å². The molecule has 1 aromatic heterocycles. The SMILES string of the molecule is Cc1ccc(NSc2ccc(S(=O)F)cc2)c2[nH]cc(Cl)c12.S[S][Tl].[Tl]. The zero-order valence-electron chi connectivity index (χ0n) is 13.5. The molecule has 0 spiro atoms. The molecule has 2 aromatic carbocycles. The summed E-state index contributed by atoms with van der Waals surface area (Å²) in [5.74, 6) is 0. The summed E-state index contributed by atoms with van der Waals surface area (Å²) in [5.41, 5.74) is 2.96. The van der Waals surface area contributed by atoms with Crippen LogP contribution in [0.1, 0.15) is 5.56 Å². The molecule has 2 N–H and O–H groups in total. The summed E-state index contributed by atoms with van der Waals surface area (Å²) in [4.78, 5) is 4.21. The Hall–Kier alpha value is 1.04. The zero-order valence-corrected chi connectivity index (χ0v) is 26.6. The molecule has 1 atom stereocenters. The Balaban J connectivity index is 0.000000791. The van der Waals surface area contributed by atoms with Crippen molar-refractivity contribution in [3.05, 3.63) is 53.2 Å². The molecule has 0 amide bonds. The van der Waals surface area contributed by atoms with Gasteiger partial charge in [0.25, 0.3) is 0 Å². The number of thiol groups is 1. The van der Waals surface area contributed by atoms with E-state index in [-0.39, 0.29) is 32.2 Å². The standard InChI is InChI=1S/C15H12ClFN2OS2.H2S2.2Tl/c1-9-2-7-13(15-14(9)12(16)8-18-15)19-21-10-3-5-11(6-4-10)22(17)20;1-2;;/h2-8,18-19H,1H3;1-2H;;/q;;;+1/p-1. The van der Waals surface area contributed by atoms with E-state index in [9.17, 15) is 8.09 Å². The third-order valence-electron chi connectivity index (χ3n) is 3.28. The van der Waals surface area contributed by atoms with Crippen molar-refractivity contribution in [2.24, 2.45) is 0 Å². The number of fused-ring (bicyclic) bond motifs is 1. The van der Waals surface area contributed by atoms with Crippen LogP contribution in [0.3, 0.4) is 0 Å². The molecular formula is C15H13ClFN2OS4Tl2. The summed E-state index contributed by atoms with van der Waals surface area (Å²) >= 11 is 9.91. The maximum Gasteiger partial charge on any atom is 0 e. The van der Waals surface area contributed by atoms with Crippen LogP contribution in [-0.4, -0.2) is 60.8 Å². The number of aromatic nitrogens is 1. The van der Waals surface area contributed by atoms with Crippen molar-refractivity contribution in [2.75, 3.05) is 4.72 Å². The van der Waals surface area contributed by atoms with Gasteiger partial charge in [0.1, 0.15) is 0 Å². The fourth-order valence-electron chi connectivity index (χ4n) is 2.19. The average molecular weight is 829 g/mol. The van der Waals surface area contributed by atoms with Gasteiger partial charge in [-0.25, -0.2) is 4.21 Å². The Morgan fingerprint density at radius 3 is 2.46 bits per heavy atom. The maximum absolute atomic E-state index is 12.7. The van der Waals surface area contributed by atoms with Gasteiger partial charge in [-0.05, 0) is 54.8 Å². The van der Waals surface area contributed by atoms with Crippen LogP contribution < -0.4 is 4.72 Å². The van der Waals surface area contributed by atoms with E-state index in [0.29, 0.717) is 5.02 Å². The number of anilines is 1. The molecule has 26 heavy (non-hydrogen) atoms. The molecule has 0 bridgehead atoms. The van der Waals surface area contributed by atoms with Crippen molar-refractivity contribution in [1.82, 2.24) is 4.98 Å². The first-order chi connectivity index (χ1) is 12.0. The van der Waals surface area contributed by atoms with Crippen molar-refractivity contribution in [2.45, 2.75) is 16.7 Å². The first kappa shape index (κ1) is 25.1. The van der Waals surface area contributed by atoms with Crippen LogP contribution in [0.2, 0.25) is 5.02 Å². The van der Waals surface area contributed by atoms with Crippen LogP contribution in [-0.2, 0) is 11.2 Å². The molecule has 1 radical (unpaired) electrons. The Morgan fingerprint density at radius 2 is 1.88 bits per heavy atom. The number of aromatic amines is 1. The van der Waals surface area contributed by atoms with E-state index in [4.69, 9.17) is 11.6 Å². The van der Waals surface area contributed by atoms with Crippen molar-refractivity contribution < 1.29 is 8.09 Å². The number of hydrogen-bond donors (Lipinski definition) is 3. The van der Waals surface area contributed by atoms with Crippen LogP contribution >= 0.6 is 42.6 Å². The van der Waals surface area contributed by atoms with E-state index in [1.54, 1.807) is 25.7 Å². The molecule has 3 nitrogen and oxygen atoms in total. The number of hydrogen-bond acceptors (Lipinski definition) is 5. The molecule has 1 unspecified atom stereocenters. The molecule has 0 saturated carbocycles. The van der Waals surface area contributed by atoms with Gasteiger partial charge in [0.15, 0.2) is 0 Å². The monoisotopic (exact) mass is 829 g/mol. The largest absolute Gasteiger partial charge is 0 e. The molecule has 0 fully saturated rings. The van der Waals surface area contributed by atoms with Gasteiger partial charge < -0.3 is 9.71 Å². The summed E-state index contributed by atoms with van der Waals surface area (Å²) in [6.07, 6.45) is 1.76. The second-order valence-electron chi connectivity index (χ2n) is 4.82. The molecule has 3 aromatic rings. The fraction of sp³-hybridized carbons (Fsp3) is 0.0667. The quantitative estimate of drug-likeness (QED) is 0.107. The van der Waals surface area contributed by atoms with Gasteiger partial charge >= 0.3 is 43.3 Å². The zero-order chi connectivity index (χ0) is 18.4. The van der Waals surface area contributed by atoms with Crippen LogP contribution in [0.25, 0.3) is 10.9 Å². The predicted octanol–water partition coefficient (Wildman–Crippen LogP) is 5.51. The molecular weight excluding hydrogens is 816 g/mol. The van der Waals surface area contributed by atoms with E-state index in [1.165, 1.54) is 24.1 Å². The minimum atomic E-state index is -2.44. The molecule has 0 saturated heterocycles. The topological polar surface area (TPSA) is 44.9 Å². The summed E-state index contributed by atoms with van der Waals surface area (Å²) in [5, 5.41) is 1.69. The van der Waals surface area contributed by atoms with Gasteiger partial charge in [-0.15, -0.1) is 3.89 Å². The smallest absolute Gasteiger partial charge is 0 e. The van der Waals surface area contributed by atoms with Gasteiger partial charge in [-0.1, -0.05) is 17.7 Å². The van der Waals surface area contributed by atoms with Gasteiger partial charge in [0, 0.05) is 43.8 Å². The Morgan fingerprint density at radius 1 is 1.27 bits per heavy atom. The van der Waals surface area contributed by atoms with Crippen molar-refractivity contribution in [1.29, 1.82) is 0 Å². The number of rotatable bonds is 4. The van der Waals surface area contributed by atoms with Gasteiger partial charge in [-0.2, -0.15) is 0 Å². The van der Waals surface area contributed by atoms with E-state index >= 15 is 0 Å². The Bertz CT molecular complexity index is 880. The predicted molar refractivity (Wildman–Crippen MR) is 120 cm³/mol. The molecule has 0 aliphatic heterocycles. The van der Waals surface area contributed by atoms with Crippen molar-refractivity contribution >= 4 is 122 Å². The molecule has 133 valence electrons. The third kappa shape index (κ3) is 6.83. The van der Waals surface area contributed by atoms with Crippen molar-refractivity contribution in [3.8, 4) is 0 Å². The molecule has 0 aliphatic rings. The summed E-state index contributed by atoms with van der Waals surface area (Å²) in [7, 11) is 1.61. The van der Waals surface area contributed by atoms with Crippen LogP contribution in [0.15, 0.2) is 52.4 Å². The van der Waals surface area contributed by atoms with E-state index < -0.39 is 11.2 Å². The van der Waals surface area contributed by atoms with Crippen LogP contribution in [0, 0.1) is 6.92 Å². The average Bonchev–Trinajstić information content (AvgIpc) is 2.98. The number of H-pyrrole nitrogens is 1. The summed E-state index contributed by atoms with van der Waals surface area (Å²) < 4.78 is 26.6. The number of benzene rings is 2. The minimum absolute atomic E-state index is 0. The molecule has 0 aliphatic carbocycles. The van der Waals surface area contributed by atoms with E-state index in [2.05, 4.69) is 21.4 Å². The number of aryl methyl sites for hydroxylation is 1. The summed E-state index contributed by atoms with van der Waals surface area (Å²) in [6, 6.07) is 10.4. The van der Waals surface area contributed by atoms with Crippen LogP contribution in [0.5, 0.6) is 0 Å². The third-order valence-corrected chi connectivity index (χ3v) is 5.05. The van der Waals surface area contributed by atoms with E-state index in [1.807, 2.05) is 19.1 Å². The van der Waals surface area contributed by atoms with Gasteiger partial charge in [0.2, 0.25) is 11.2 Å². The van der Waals surface area contributed by atoms with E-state index in [0.717, 1.165) is 51.3 Å². The minimum Gasteiger partial charge on any atom is 0 e. The fourth-order valence-corrected chi connectivity index (χ4v) is 3.50. The second-order valence-corrected chi connectivity index (χ2v) is 15.2. The molecule has 11 heteroatoms. The number of nitrogens with one attached hydrogen (secondary N) is 2. The maximum atomic E-state index is 12.7. The Kier molecular flexibility index (Phi) is 12.1. The molecule has 3 rings (SSSR count). The van der Waals surface area contributed by atoms with Gasteiger partial charge in [-0.3, -0.25) is 0 Å².